The molecule has 11 nitrogen and oxygen atoms in total. The molecular formula is C24H25F3N8O3S. The maximum atomic E-state index is 13.4. The standard InChI is InChI=1S/C24H25F3N8O3S/c1-5-28-23(36)32-19-10-15(22-31-18(12-39-22)24(25,26)27)16(11-29-19)14-8-17(21-34-33-13(2)38-21)30-20(9-14)37-7-6-35(3)4/h8-12H,5-7H2,1-4H3,(H2,28,29,32,36). The van der Waals surface area contributed by atoms with Gasteiger partial charge in [-0.05, 0) is 38.7 Å². The van der Waals surface area contributed by atoms with Crippen molar-refractivity contribution in [2.24, 2.45) is 0 Å². The molecule has 0 aromatic carbocycles. The Morgan fingerprint density at radius 3 is 2.59 bits per heavy atom. The summed E-state index contributed by atoms with van der Waals surface area (Å²) in [6.07, 6.45) is -3.18. The number of thiazole rings is 1. The number of nitrogens with zero attached hydrogens (tertiary/aromatic N) is 6. The van der Waals surface area contributed by atoms with Crippen LogP contribution < -0.4 is 15.4 Å². The fraction of sp³-hybridized carbons (Fsp3) is 0.333. The summed E-state index contributed by atoms with van der Waals surface area (Å²) in [5.41, 5.74) is 0.533. The van der Waals surface area contributed by atoms with E-state index >= 15 is 0 Å². The highest BCUT2D eigenvalue weighted by Crippen LogP contribution is 2.39. The number of pyridine rings is 2. The molecule has 0 aliphatic heterocycles. The number of nitrogens with one attached hydrogen (secondary N) is 2. The number of amides is 2. The van der Waals surface area contributed by atoms with Crippen LogP contribution in [0.2, 0.25) is 0 Å². The first-order valence-electron chi connectivity index (χ1n) is 11.7. The summed E-state index contributed by atoms with van der Waals surface area (Å²) < 4.78 is 51.5. The van der Waals surface area contributed by atoms with E-state index < -0.39 is 17.9 Å². The molecule has 0 aliphatic rings. The third kappa shape index (κ3) is 7.06. The first-order chi connectivity index (χ1) is 18.5. The number of halogens is 3. The Morgan fingerprint density at radius 2 is 1.95 bits per heavy atom. The maximum Gasteiger partial charge on any atom is 0.434 e. The largest absolute Gasteiger partial charge is 0.476 e. The zero-order valence-electron chi connectivity index (χ0n) is 21.5. The molecule has 0 saturated carbocycles. The number of likely N-dealkylation sites (N-methyl/N-ethyl adjacent to an activating group) is 1. The molecule has 4 heterocycles. The molecule has 15 heteroatoms. The first-order valence-corrected chi connectivity index (χ1v) is 12.6. The van der Waals surface area contributed by atoms with Gasteiger partial charge in [0.15, 0.2) is 5.69 Å². The summed E-state index contributed by atoms with van der Waals surface area (Å²) in [5, 5.41) is 14.1. The lowest BCUT2D eigenvalue weighted by molar-refractivity contribution is -0.140. The molecule has 4 aromatic rings. The van der Waals surface area contributed by atoms with Crippen molar-refractivity contribution in [1.82, 2.24) is 35.4 Å². The van der Waals surface area contributed by atoms with Crippen molar-refractivity contribution in [1.29, 1.82) is 0 Å². The summed E-state index contributed by atoms with van der Waals surface area (Å²) in [6, 6.07) is 4.24. The van der Waals surface area contributed by atoms with Crippen molar-refractivity contribution < 1.29 is 27.1 Å². The molecule has 4 rings (SSSR count). The predicted octanol–water partition coefficient (Wildman–Crippen LogP) is 4.73. The van der Waals surface area contributed by atoms with Gasteiger partial charge < -0.3 is 19.4 Å². The fourth-order valence-corrected chi connectivity index (χ4v) is 4.21. The van der Waals surface area contributed by atoms with E-state index in [0.29, 0.717) is 48.0 Å². The van der Waals surface area contributed by atoms with Gasteiger partial charge in [-0.2, -0.15) is 13.2 Å². The second-order valence-electron chi connectivity index (χ2n) is 8.49. The zero-order chi connectivity index (χ0) is 28.2. The SMILES string of the molecule is CCNC(=O)Nc1cc(-c2nc(C(F)(F)F)cs2)c(-c2cc(OCCN(C)C)nc(-c3nnc(C)o3)c2)cn1. The van der Waals surface area contributed by atoms with Crippen molar-refractivity contribution in [3.63, 3.8) is 0 Å². The van der Waals surface area contributed by atoms with Crippen LogP contribution in [-0.4, -0.2) is 69.9 Å². The molecule has 2 amide bonds. The molecule has 0 atom stereocenters. The number of aromatic nitrogens is 5. The van der Waals surface area contributed by atoms with E-state index in [9.17, 15) is 18.0 Å². The molecule has 2 N–H and O–H groups in total. The van der Waals surface area contributed by atoms with E-state index in [2.05, 4.69) is 35.8 Å². The van der Waals surface area contributed by atoms with E-state index in [0.717, 1.165) is 16.7 Å². The molecule has 0 radical (unpaired) electrons. The van der Waals surface area contributed by atoms with E-state index in [1.54, 1.807) is 26.0 Å². The topological polar surface area (TPSA) is 131 Å². The van der Waals surface area contributed by atoms with Crippen LogP contribution in [0.4, 0.5) is 23.8 Å². The van der Waals surface area contributed by atoms with Gasteiger partial charge in [-0.15, -0.1) is 21.5 Å². The highest BCUT2D eigenvalue weighted by Gasteiger charge is 2.34. The molecule has 0 aliphatic carbocycles. The van der Waals surface area contributed by atoms with Crippen molar-refractivity contribution >= 4 is 23.2 Å². The van der Waals surface area contributed by atoms with Crippen LogP contribution in [0.5, 0.6) is 5.88 Å². The maximum absolute atomic E-state index is 13.4. The second kappa shape index (κ2) is 11.7. The van der Waals surface area contributed by atoms with Crippen LogP contribution >= 0.6 is 11.3 Å². The van der Waals surface area contributed by atoms with Crippen molar-refractivity contribution in [3.05, 3.63) is 41.4 Å². The van der Waals surface area contributed by atoms with Crippen LogP contribution in [0.25, 0.3) is 33.3 Å². The number of hydrogen-bond donors (Lipinski definition) is 2. The average Bonchev–Trinajstić information content (AvgIpc) is 3.53. The molecule has 0 spiro atoms. The molecule has 0 fully saturated rings. The molecule has 0 saturated heterocycles. The molecule has 0 bridgehead atoms. The highest BCUT2D eigenvalue weighted by atomic mass is 32.1. The monoisotopic (exact) mass is 562 g/mol. The Hall–Kier alpha value is -4.11. The lowest BCUT2D eigenvalue weighted by Crippen LogP contribution is -2.28. The van der Waals surface area contributed by atoms with Gasteiger partial charge in [0.05, 0.1) is 0 Å². The van der Waals surface area contributed by atoms with Crippen LogP contribution in [0.15, 0.2) is 34.2 Å². The lowest BCUT2D eigenvalue weighted by atomic mass is 10.0. The summed E-state index contributed by atoms with van der Waals surface area (Å²) in [7, 11) is 3.80. The van der Waals surface area contributed by atoms with Gasteiger partial charge in [0.25, 0.3) is 5.89 Å². The van der Waals surface area contributed by atoms with Crippen molar-refractivity contribution in [3.8, 4) is 39.2 Å². The third-order valence-electron chi connectivity index (χ3n) is 5.15. The number of rotatable bonds is 9. The summed E-state index contributed by atoms with van der Waals surface area (Å²) in [4.78, 5) is 26.6. The Labute approximate surface area is 225 Å². The third-order valence-corrected chi connectivity index (χ3v) is 6.03. The first kappa shape index (κ1) is 27.9. The van der Waals surface area contributed by atoms with Crippen LogP contribution in [-0.2, 0) is 6.18 Å². The zero-order valence-corrected chi connectivity index (χ0v) is 22.3. The van der Waals surface area contributed by atoms with Crippen LogP contribution in [0.3, 0.4) is 0 Å². The van der Waals surface area contributed by atoms with Gasteiger partial charge in [0.2, 0.25) is 11.8 Å². The van der Waals surface area contributed by atoms with E-state index in [1.165, 1.54) is 12.3 Å². The van der Waals surface area contributed by atoms with Crippen molar-refractivity contribution in [2.45, 2.75) is 20.0 Å². The number of aryl methyl sites for hydroxylation is 1. The number of alkyl halides is 3. The number of urea groups is 1. The fourth-order valence-electron chi connectivity index (χ4n) is 3.36. The van der Waals surface area contributed by atoms with Gasteiger partial charge in [0, 0.05) is 48.8 Å². The van der Waals surface area contributed by atoms with Gasteiger partial charge in [-0.1, -0.05) is 0 Å². The van der Waals surface area contributed by atoms with E-state index in [1.807, 2.05) is 19.0 Å². The molecular weight excluding hydrogens is 537 g/mol. The van der Waals surface area contributed by atoms with E-state index in [4.69, 9.17) is 9.15 Å². The van der Waals surface area contributed by atoms with Gasteiger partial charge >= 0.3 is 12.2 Å². The predicted molar refractivity (Wildman–Crippen MR) is 138 cm³/mol. The molecule has 4 aromatic heterocycles. The second-order valence-corrected chi connectivity index (χ2v) is 9.35. The van der Waals surface area contributed by atoms with Crippen LogP contribution in [0, 0.1) is 6.92 Å². The number of carbonyl (C=O) groups is 1. The van der Waals surface area contributed by atoms with Crippen molar-refractivity contribution in [2.75, 3.05) is 39.1 Å². The van der Waals surface area contributed by atoms with Gasteiger partial charge in [-0.3, -0.25) is 5.32 Å². The molecule has 0 unspecified atom stereocenters. The summed E-state index contributed by atoms with van der Waals surface area (Å²) >= 11 is 0.821. The average molecular weight is 563 g/mol. The van der Waals surface area contributed by atoms with Gasteiger partial charge in [0.1, 0.15) is 23.1 Å². The number of hydrogen-bond acceptors (Lipinski definition) is 10. The number of carbonyl (C=O) groups excluding carboxylic acids is 1. The number of anilines is 1. The minimum atomic E-state index is -4.61. The highest BCUT2D eigenvalue weighted by molar-refractivity contribution is 7.13. The smallest absolute Gasteiger partial charge is 0.434 e. The minimum absolute atomic E-state index is 0.0840. The number of ether oxygens (including phenoxy) is 1. The molecule has 39 heavy (non-hydrogen) atoms. The normalized spacial score (nSPS) is 11.6. The lowest BCUT2D eigenvalue weighted by Gasteiger charge is -2.14. The molecule has 206 valence electrons. The minimum Gasteiger partial charge on any atom is -0.476 e. The quantitative estimate of drug-likeness (QED) is 0.297. The van der Waals surface area contributed by atoms with E-state index in [-0.39, 0.29) is 22.6 Å². The summed E-state index contributed by atoms with van der Waals surface area (Å²) in [5.74, 6) is 0.848. The van der Waals surface area contributed by atoms with Gasteiger partial charge in [-0.25, -0.2) is 19.7 Å². The Kier molecular flexibility index (Phi) is 8.40. The summed E-state index contributed by atoms with van der Waals surface area (Å²) in [6.45, 7) is 4.71. The Morgan fingerprint density at radius 1 is 1.15 bits per heavy atom. The van der Waals surface area contributed by atoms with Crippen LogP contribution in [0.1, 0.15) is 18.5 Å². The Balaban J connectivity index is 1.84. The Bertz CT molecular complexity index is 1450.